The molecule has 0 saturated carbocycles. The minimum Gasteiger partial charge on any atom is -0.331 e. The van der Waals surface area contributed by atoms with Crippen LogP contribution in [0.4, 0.5) is 4.79 Å². The average Bonchev–Trinajstić information content (AvgIpc) is 3.11. The molecule has 0 bridgehead atoms. The standard InChI is InChI=1S/C21H24N4O/c1-16-9-7-8-12-20(16)17(2)23-21(26)24(3)14-18-13-22-25(15-18)19-10-5-4-6-11-19/h4-13,15,17H,14H2,1-3H3,(H,23,26). The fourth-order valence-electron chi connectivity index (χ4n) is 2.96. The smallest absolute Gasteiger partial charge is 0.317 e. The zero-order chi connectivity index (χ0) is 18.5. The maximum absolute atomic E-state index is 12.5. The SMILES string of the molecule is Cc1ccccc1C(C)NC(=O)N(C)Cc1cnn(-c2ccccc2)c1. The molecule has 2 amide bonds. The summed E-state index contributed by atoms with van der Waals surface area (Å²) in [4.78, 5) is 14.2. The highest BCUT2D eigenvalue weighted by atomic mass is 16.2. The van der Waals surface area contributed by atoms with Gasteiger partial charge in [0.05, 0.1) is 24.5 Å². The monoisotopic (exact) mass is 348 g/mol. The van der Waals surface area contributed by atoms with Gasteiger partial charge < -0.3 is 10.2 Å². The summed E-state index contributed by atoms with van der Waals surface area (Å²) in [6.45, 7) is 4.56. The molecule has 3 rings (SSSR count). The molecule has 1 unspecified atom stereocenters. The molecule has 5 nitrogen and oxygen atoms in total. The number of urea groups is 1. The van der Waals surface area contributed by atoms with E-state index in [0.29, 0.717) is 6.54 Å². The van der Waals surface area contributed by atoms with Crippen molar-refractivity contribution in [1.82, 2.24) is 20.0 Å². The quantitative estimate of drug-likeness (QED) is 0.755. The molecule has 0 fully saturated rings. The molecule has 134 valence electrons. The lowest BCUT2D eigenvalue weighted by molar-refractivity contribution is 0.203. The first-order valence-electron chi connectivity index (χ1n) is 8.70. The van der Waals surface area contributed by atoms with Crippen LogP contribution in [0, 0.1) is 6.92 Å². The van der Waals surface area contributed by atoms with Crippen LogP contribution in [0.25, 0.3) is 5.69 Å². The van der Waals surface area contributed by atoms with Crippen molar-refractivity contribution in [2.45, 2.75) is 26.4 Å². The molecule has 26 heavy (non-hydrogen) atoms. The van der Waals surface area contributed by atoms with E-state index in [0.717, 1.165) is 16.8 Å². The first kappa shape index (κ1) is 17.7. The van der Waals surface area contributed by atoms with Crippen LogP contribution in [-0.2, 0) is 6.54 Å². The molecule has 0 spiro atoms. The summed E-state index contributed by atoms with van der Waals surface area (Å²) >= 11 is 0. The number of hydrogen-bond donors (Lipinski definition) is 1. The number of aryl methyl sites for hydroxylation is 1. The van der Waals surface area contributed by atoms with Gasteiger partial charge in [0.1, 0.15) is 0 Å². The van der Waals surface area contributed by atoms with Gasteiger partial charge in [0.25, 0.3) is 0 Å². The Bertz CT molecular complexity index is 872. The Morgan fingerprint density at radius 1 is 1.15 bits per heavy atom. The third-order valence-corrected chi connectivity index (χ3v) is 4.42. The predicted octanol–water partition coefficient (Wildman–Crippen LogP) is 4.08. The topological polar surface area (TPSA) is 50.2 Å². The predicted molar refractivity (Wildman–Crippen MR) is 103 cm³/mol. The summed E-state index contributed by atoms with van der Waals surface area (Å²) in [7, 11) is 1.79. The summed E-state index contributed by atoms with van der Waals surface area (Å²) in [5, 5.41) is 7.43. The second-order valence-electron chi connectivity index (χ2n) is 6.51. The number of nitrogens with zero attached hydrogens (tertiary/aromatic N) is 3. The first-order chi connectivity index (χ1) is 12.5. The zero-order valence-electron chi connectivity index (χ0n) is 15.4. The van der Waals surface area contributed by atoms with Gasteiger partial charge in [-0.05, 0) is 37.1 Å². The maximum Gasteiger partial charge on any atom is 0.317 e. The molecule has 0 aliphatic carbocycles. The second kappa shape index (κ2) is 7.87. The Morgan fingerprint density at radius 2 is 1.85 bits per heavy atom. The van der Waals surface area contributed by atoms with Gasteiger partial charge in [0.2, 0.25) is 0 Å². The van der Waals surface area contributed by atoms with Crippen molar-refractivity contribution in [1.29, 1.82) is 0 Å². The maximum atomic E-state index is 12.5. The van der Waals surface area contributed by atoms with E-state index in [1.54, 1.807) is 18.1 Å². The lowest BCUT2D eigenvalue weighted by Gasteiger charge is -2.22. The van der Waals surface area contributed by atoms with Crippen molar-refractivity contribution in [3.05, 3.63) is 83.7 Å². The van der Waals surface area contributed by atoms with Crippen molar-refractivity contribution in [3.8, 4) is 5.69 Å². The number of para-hydroxylation sites is 1. The van der Waals surface area contributed by atoms with E-state index in [1.807, 2.05) is 66.3 Å². The van der Waals surface area contributed by atoms with Gasteiger partial charge in [0.15, 0.2) is 0 Å². The number of carbonyl (C=O) groups is 1. The molecule has 1 N–H and O–H groups in total. The molecule has 5 heteroatoms. The Kier molecular flexibility index (Phi) is 5.37. The van der Waals surface area contributed by atoms with E-state index < -0.39 is 0 Å². The highest BCUT2D eigenvalue weighted by molar-refractivity contribution is 5.74. The fraction of sp³-hybridized carbons (Fsp3) is 0.238. The fourth-order valence-corrected chi connectivity index (χ4v) is 2.96. The molecular weight excluding hydrogens is 324 g/mol. The Balaban J connectivity index is 1.61. The van der Waals surface area contributed by atoms with E-state index >= 15 is 0 Å². The Labute approximate surface area is 154 Å². The summed E-state index contributed by atoms with van der Waals surface area (Å²) < 4.78 is 1.82. The van der Waals surface area contributed by atoms with Crippen molar-refractivity contribution in [2.75, 3.05) is 7.05 Å². The molecule has 1 atom stereocenters. The second-order valence-corrected chi connectivity index (χ2v) is 6.51. The number of rotatable bonds is 5. The van der Waals surface area contributed by atoms with Crippen LogP contribution in [0.5, 0.6) is 0 Å². The number of hydrogen-bond acceptors (Lipinski definition) is 2. The van der Waals surface area contributed by atoms with Crippen molar-refractivity contribution >= 4 is 6.03 Å². The van der Waals surface area contributed by atoms with E-state index in [2.05, 4.69) is 23.4 Å². The molecule has 0 aliphatic heterocycles. The van der Waals surface area contributed by atoms with Crippen LogP contribution in [0.1, 0.15) is 29.7 Å². The lowest BCUT2D eigenvalue weighted by Crippen LogP contribution is -2.38. The molecule has 0 radical (unpaired) electrons. The van der Waals surface area contributed by atoms with E-state index in [1.165, 1.54) is 5.56 Å². The van der Waals surface area contributed by atoms with Crippen LogP contribution >= 0.6 is 0 Å². The van der Waals surface area contributed by atoms with Crippen molar-refractivity contribution < 1.29 is 4.79 Å². The summed E-state index contributed by atoms with van der Waals surface area (Å²) in [6.07, 6.45) is 3.74. The molecule has 2 aromatic carbocycles. The highest BCUT2D eigenvalue weighted by Gasteiger charge is 2.15. The van der Waals surface area contributed by atoms with Gasteiger partial charge in [0, 0.05) is 18.8 Å². The number of amides is 2. The van der Waals surface area contributed by atoms with Crippen LogP contribution in [0.2, 0.25) is 0 Å². The lowest BCUT2D eigenvalue weighted by atomic mass is 10.0. The Morgan fingerprint density at radius 3 is 2.58 bits per heavy atom. The van der Waals surface area contributed by atoms with Crippen LogP contribution in [0.15, 0.2) is 67.0 Å². The largest absolute Gasteiger partial charge is 0.331 e. The number of carbonyl (C=O) groups excluding carboxylic acids is 1. The van der Waals surface area contributed by atoms with E-state index in [9.17, 15) is 4.79 Å². The van der Waals surface area contributed by atoms with E-state index in [-0.39, 0.29) is 12.1 Å². The molecule has 0 saturated heterocycles. The van der Waals surface area contributed by atoms with Gasteiger partial charge in [-0.2, -0.15) is 5.10 Å². The third kappa shape index (κ3) is 4.11. The zero-order valence-corrected chi connectivity index (χ0v) is 15.4. The molecule has 1 heterocycles. The van der Waals surface area contributed by atoms with Crippen LogP contribution in [-0.4, -0.2) is 27.8 Å². The summed E-state index contributed by atoms with van der Waals surface area (Å²) in [6, 6.07) is 17.9. The molecular formula is C21H24N4O. The highest BCUT2D eigenvalue weighted by Crippen LogP contribution is 2.17. The normalized spacial score (nSPS) is 11.8. The van der Waals surface area contributed by atoms with Crippen LogP contribution < -0.4 is 5.32 Å². The minimum atomic E-state index is -0.104. The van der Waals surface area contributed by atoms with Gasteiger partial charge in [-0.3, -0.25) is 0 Å². The number of nitrogens with one attached hydrogen (secondary N) is 1. The Hall–Kier alpha value is -3.08. The minimum absolute atomic E-state index is 0.0433. The molecule has 3 aromatic rings. The molecule has 0 aliphatic rings. The van der Waals surface area contributed by atoms with Crippen molar-refractivity contribution in [3.63, 3.8) is 0 Å². The average molecular weight is 348 g/mol. The number of aromatic nitrogens is 2. The third-order valence-electron chi connectivity index (χ3n) is 4.42. The number of benzene rings is 2. The molecule has 1 aromatic heterocycles. The summed E-state index contributed by atoms with van der Waals surface area (Å²) in [5.41, 5.74) is 4.28. The van der Waals surface area contributed by atoms with Gasteiger partial charge in [-0.25, -0.2) is 9.48 Å². The van der Waals surface area contributed by atoms with Gasteiger partial charge in [-0.1, -0.05) is 42.5 Å². The van der Waals surface area contributed by atoms with Gasteiger partial charge >= 0.3 is 6.03 Å². The summed E-state index contributed by atoms with van der Waals surface area (Å²) in [5.74, 6) is 0. The van der Waals surface area contributed by atoms with Crippen LogP contribution in [0.3, 0.4) is 0 Å². The van der Waals surface area contributed by atoms with E-state index in [4.69, 9.17) is 0 Å². The first-order valence-corrected chi connectivity index (χ1v) is 8.70. The van der Waals surface area contributed by atoms with Crippen molar-refractivity contribution in [2.24, 2.45) is 0 Å². The van der Waals surface area contributed by atoms with Gasteiger partial charge in [-0.15, -0.1) is 0 Å².